The minimum absolute atomic E-state index is 0.226. The molecule has 0 unspecified atom stereocenters. The molecule has 1 fully saturated rings. The van der Waals surface area contributed by atoms with Gasteiger partial charge in [0.2, 0.25) is 15.9 Å². The second-order valence-corrected chi connectivity index (χ2v) is 9.22. The molecule has 156 valence electrons. The third-order valence-electron chi connectivity index (χ3n) is 5.11. The summed E-state index contributed by atoms with van der Waals surface area (Å²) in [7, 11) is -3.64. The molecular weight excluding hydrogens is 393 g/mol. The Morgan fingerprint density at radius 3 is 2.24 bits per heavy atom. The number of hydrogen-bond donors (Lipinski definition) is 0. The van der Waals surface area contributed by atoms with Gasteiger partial charge in [0, 0.05) is 31.9 Å². The zero-order chi connectivity index (χ0) is 21.2. The molecule has 0 aliphatic carbocycles. The molecule has 1 atom stereocenters. The smallest absolute Gasteiger partial charge is 0.246 e. The van der Waals surface area contributed by atoms with Crippen LogP contribution in [-0.2, 0) is 14.8 Å². The monoisotopic (exact) mass is 419 g/mol. The Hall–Kier alpha value is -2.61. The van der Waals surface area contributed by atoms with Crippen molar-refractivity contribution in [3.63, 3.8) is 0 Å². The maximum atomic E-state index is 13.1. The molecule has 1 aliphatic rings. The van der Waals surface area contributed by atoms with Gasteiger partial charge in [-0.3, -0.25) is 9.10 Å². The molecule has 1 saturated heterocycles. The Balaban J connectivity index is 1.72. The average Bonchev–Trinajstić information content (AvgIpc) is 2.67. The van der Waals surface area contributed by atoms with Crippen LogP contribution in [0.2, 0.25) is 0 Å². The molecule has 1 heterocycles. The van der Waals surface area contributed by atoms with E-state index in [9.17, 15) is 17.6 Å². The van der Waals surface area contributed by atoms with E-state index in [0.29, 0.717) is 31.9 Å². The van der Waals surface area contributed by atoms with Gasteiger partial charge >= 0.3 is 0 Å². The highest BCUT2D eigenvalue weighted by molar-refractivity contribution is 7.92. The van der Waals surface area contributed by atoms with Gasteiger partial charge in [0.25, 0.3) is 0 Å². The van der Waals surface area contributed by atoms with Crippen LogP contribution in [0.25, 0.3) is 0 Å². The first-order chi connectivity index (χ1) is 13.7. The van der Waals surface area contributed by atoms with Crippen LogP contribution < -0.4 is 9.21 Å². The van der Waals surface area contributed by atoms with Crippen LogP contribution >= 0.6 is 0 Å². The summed E-state index contributed by atoms with van der Waals surface area (Å²) in [6.07, 6.45) is 1.12. The Bertz CT molecular complexity index is 971. The van der Waals surface area contributed by atoms with Crippen LogP contribution in [0.5, 0.6) is 0 Å². The summed E-state index contributed by atoms with van der Waals surface area (Å²) in [5.74, 6) is -0.510. The predicted octanol–water partition coefficient (Wildman–Crippen LogP) is 2.64. The summed E-state index contributed by atoms with van der Waals surface area (Å²) in [6, 6.07) is 12.6. The number of rotatable bonds is 5. The van der Waals surface area contributed by atoms with Crippen LogP contribution in [0.1, 0.15) is 12.5 Å². The molecular formula is C21H26FN3O3S. The van der Waals surface area contributed by atoms with E-state index in [1.807, 2.05) is 13.0 Å². The van der Waals surface area contributed by atoms with Gasteiger partial charge < -0.3 is 9.80 Å². The summed E-state index contributed by atoms with van der Waals surface area (Å²) >= 11 is 0. The number of carbonyl (C=O) groups excluding carboxylic acids is 1. The van der Waals surface area contributed by atoms with Crippen molar-refractivity contribution in [2.45, 2.75) is 19.9 Å². The molecule has 29 heavy (non-hydrogen) atoms. The van der Waals surface area contributed by atoms with Gasteiger partial charge in [-0.15, -0.1) is 0 Å². The van der Waals surface area contributed by atoms with Gasteiger partial charge in [-0.1, -0.05) is 12.1 Å². The standard InChI is InChI=1S/C21H26FN3O3S/c1-16-5-4-6-20(15-16)25(29(3,27)28)17(2)21(26)24-13-11-23(12-14-24)19-9-7-18(22)8-10-19/h4-10,15,17H,11-14H2,1-3H3/t17-/m1/s1. The molecule has 0 radical (unpaired) electrons. The van der Waals surface area contributed by atoms with Gasteiger partial charge in [0.1, 0.15) is 11.9 Å². The first-order valence-corrected chi connectivity index (χ1v) is 11.4. The summed E-state index contributed by atoms with van der Waals surface area (Å²) in [5, 5.41) is 0. The summed E-state index contributed by atoms with van der Waals surface area (Å²) < 4.78 is 39.2. The normalized spacial score (nSPS) is 15.9. The summed E-state index contributed by atoms with van der Waals surface area (Å²) in [6.45, 7) is 5.67. The van der Waals surface area contributed by atoms with Crippen LogP contribution in [-0.4, -0.2) is 57.7 Å². The fourth-order valence-electron chi connectivity index (χ4n) is 3.67. The second-order valence-electron chi connectivity index (χ2n) is 7.36. The third kappa shape index (κ3) is 4.87. The predicted molar refractivity (Wildman–Crippen MR) is 113 cm³/mol. The van der Waals surface area contributed by atoms with E-state index in [1.54, 1.807) is 42.2 Å². The van der Waals surface area contributed by atoms with Crippen LogP contribution in [0, 0.1) is 12.7 Å². The molecule has 0 bridgehead atoms. The first kappa shape index (κ1) is 21.1. The molecule has 0 spiro atoms. The van der Waals surface area contributed by atoms with Crippen molar-refractivity contribution in [1.29, 1.82) is 0 Å². The van der Waals surface area contributed by atoms with Gasteiger partial charge in [-0.25, -0.2) is 12.8 Å². The van der Waals surface area contributed by atoms with Gasteiger partial charge in [0.05, 0.1) is 11.9 Å². The molecule has 8 heteroatoms. The summed E-state index contributed by atoms with van der Waals surface area (Å²) in [4.78, 5) is 16.9. The number of anilines is 2. The van der Waals surface area contributed by atoms with E-state index in [-0.39, 0.29) is 11.7 Å². The average molecular weight is 420 g/mol. The lowest BCUT2D eigenvalue weighted by atomic mass is 10.2. The van der Waals surface area contributed by atoms with Gasteiger partial charge in [0.15, 0.2) is 0 Å². The Morgan fingerprint density at radius 1 is 1.07 bits per heavy atom. The molecule has 0 aromatic heterocycles. The van der Waals surface area contributed by atoms with Crippen LogP contribution in [0.15, 0.2) is 48.5 Å². The number of amides is 1. The molecule has 1 amide bonds. The Morgan fingerprint density at radius 2 is 1.69 bits per heavy atom. The highest BCUT2D eigenvalue weighted by Crippen LogP contribution is 2.24. The van der Waals surface area contributed by atoms with E-state index in [2.05, 4.69) is 4.90 Å². The molecule has 1 aliphatic heterocycles. The number of carbonyl (C=O) groups is 1. The fourth-order valence-corrected chi connectivity index (χ4v) is 4.83. The zero-order valence-corrected chi connectivity index (χ0v) is 17.7. The number of piperazine rings is 1. The van der Waals surface area contributed by atoms with E-state index in [4.69, 9.17) is 0 Å². The van der Waals surface area contributed by atoms with Crippen LogP contribution in [0.4, 0.5) is 15.8 Å². The lowest BCUT2D eigenvalue weighted by Gasteiger charge is -2.39. The summed E-state index contributed by atoms with van der Waals surface area (Å²) in [5.41, 5.74) is 2.31. The number of nitrogens with zero attached hydrogens (tertiary/aromatic N) is 3. The van der Waals surface area contributed by atoms with Crippen molar-refractivity contribution in [2.75, 3.05) is 41.6 Å². The topological polar surface area (TPSA) is 60.9 Å². The number of halogens is 1. The third-order valence-corrected chi connectivity index (χ3v) is 6.35. The van der Waals surface area contributed by atoms with Crippen molar-refractivity contribution in [2.24, 2.45) is 0 Å². The maximum Gasteiger partial charge on any atom is 0.246 e. The van der Waals surface area contributed by atoms with Crippen molar-refractivity contribution in [3.05, 3.63) is 59.9 Å². The number of benzene rings is 2. The van der Waals surface area contributed by atoms with E-state index in [0.717, 1.165) is 17.5 Å². The number of hydrogen-bond acceptors (Lipinski definition) is 4. The SMILES string of the molecule is Cc1cccc(N([C@H](C)C(=O)N2CCN(c3ccc(F)cc3)CC2)S(C)(=O)=O)c1. The molecule has 0 N–H and O–H groups in total. The van der Waals surface area contributed by atoms with Crippen molar-refractivity contribution in [3.8, 4) is 0 Å². The lowest BCUT2D eigenvalue weighted by Crippen LogP contribution is -2.55. The van der Waals surface area contributed by atoms with Crippen molar-refractivity contribution in [1.82, 2.24) is 4.90 Å². The minimum atomic E-state index is -3.64. The molecule has 0 saturated carbocycles. The lowest BCUT2D eigenvalue weighted by molar-refractivity contribution is -0.132. The second kappa shape index (κ2) is 8.41. The quantitative estimate of drug-likeness (QED) is 0.748. The van der Waals surface area contributed by atoms with Crippen molar-refractivity contribution < 1.29 is 17.6 Å². The zero-order valence-electron chi connectivity index (χ0n) is 16.9. The van der Waals surface area contributed by atoms with Gasteiger partial charge in [-0.2, -0.15) is 0 Å². The maximum absolute atomic E-state index is 13.1. The van der Waals surface area contributed by atoms with E-state index < -0.39 is 16.1 Å². The Kier molecular flexibility index (Phi) is 6.12. The van der Waals surface area contributed by atoms with E-state index >= 15 is 0 Å². The highest BCUT2D eigenvalue weighted by atomic mass is 32.2. The first-order valence-electron chi connectivity index (χ1n) is 9.52. The molecule has 2 aromatic rings. The Labute approximate surface area is 171 Å². The molecule has 3 rings (SSSR count). The highest BCUT2D eigenvalue weighted by Gasteiger charge is 2.33. The van der Waals surface area contributed by atoms with Crippen molar-refractivity contribution >= 4 is 27.3 Å². The fraction of sp³-hybridized carbons (Fsp3) is 0.381. The number of aryl methyl sites for hydroxylation is 1. The largest absolute Gasteiger partial charge is 0.368 e. The van der Waals surface area contributed by atoms with E-state index in [1.165, 1.54) is 16.4 Å². The molecule has 2 aromatic carbocycles. The number of sulfonamides is 1. The van der Waals surface area contributed by atoms with Gasteiger partial charge in [-0.05, 0) is 55.8 Å². The van der Waals surface area contributed by atoms with Crippen LogP contribution in [0.3, 0.4) is 0 Å². The minimum Gasteiger partial charge on any atom is -0.368 e. The molecule has 6 nitrogen and oxygen atoms in total.